The molecule has 0 aromatic carbocycles. The second kappa shape index (κ2) is 9.36. The number of rotatable bonds is 7. The molecular weight excluding hydrogens is 230 g/mol. The Bertz CT molecular complexity index is 280. The highest BCUT2D eigenvalue weighted by Crippen LogP contribution is 2.23. The molecule has 1 aliphatic rings. The summed E-state index contributed by atoms with van der Waals surface area (Å²) < 4.78 is 0. The van der Waals surface area contributed by atoms with Gasteiger partial charge in [0.25, 0.3) is 0 Å². The maximum Gasteiger partial charge on any atom is 0.00673 e. The molecule has 1 N–H and O–H groups in total. The van der Waals surface area contributed by atoms with E-state index in [1.54, 1.807) is 0 Å². The van der Waals surface area contributed by atoms with E-state index in [0.717, 1.165) is 31.3 Å². The molecule has 0 heterocycles. The standard InChI is InChI=1S/C18H33N/c1-5-8-17(15(2)3)9-6-7-14-19-18-12-10-16(4)11-13-18/h6,8-9,15-16,18-19H,5,7,10-14H2,1-4H3/b9-6+,17-8+. The Morgan fingerprint density at radius 1 is 1.21 bits per heavy atom. The van der Waals surface area contributed by atoms with Crippen LogP contribution < -0.4 is 5.32 Å². The third kappa shape index (κ3) is 6.96. The minimum Gasteiger partial charge on any atom is -0.314 e. The first-order valence-electron chi connectivity index (χ1n) is 8.23. The molecule has 1 saturated carbocycles. The second-order valence-corrected chi connectivity index (χ2v) is 6.37. The molecule has 110 valence electrons. The fourth-order valence-electron chi connectivity index (χ4n) is 2.79. The quantitative estimate of drug-likeness (QED) is 0.498. The van der Waals surface area contributed by atoms with Crippen LogP contribution in [0.2, 0.25) is 0 Å². The summed E-state index contributed by atoms with van der Waals surface area (Å²) in [7, 11) is 0. The average Bonchev–Trinajstić information content (AvgIpc) is 2.39. The molecule has 0 spiro atoms. The van der Waals surface area contributed by atoms with Gasteiger partial charge >= 0.3 is 0 Å². The van der Waals surface area contributed by atoms with Gasteiger partial charge in [0.2, 0.25) is 0 Å². The van der Waals surface area contributed by atoms with Gasteiger partial charge in [0, 0.05) is 6.04 Å². The predicted octanol–water partition coefficient (Wildman–Crippen LogP) is 5.09. The summed E-state index contributed by atoms with van der Waals surface area (Å²) in [6.07, 6.45) is 14.8. The summed E-state index contributed by atoms with van der Waals surface area (Å²) >= 11 is 0. The fourth-order valence-corrected chi connectivity index (χ4v) is 2.79. The summed E-state index contributed by atoms with van der Waals surface area (Å²) in [6, 6.07) is 0.778. The van der Waals surface area contributed by atoms with Crippen molar-refractivity contribution >= 4 is 0 Å². The number of allylic oxidation sites excluding steroid dienone is 3. The molecule has 1 aliphatic carbocycles. The molecule has 1 rings (SSSR count). The van der Waals surface area contributed by atoms with Crippen molar-refractivity contribution in [2.24, 2.45) is 11.8 Å². The molecule has 19 heavy (non-hydrogen) atoms. The summed E-state index contributed by atoms with van der Waals surface area (Å²) in [5.74, 6) is 1.59. The van der Waals surface area contributed by atoms with Crippen molar-refractivity contribution in [1.29, 1.82) is 0 Å². The molecular formula is C18H33N. The Hall–Kier alpha value is -0.560. The van der Waals surface area contributed by atoms with Crippen LogP contribution in [0.4, 0.5) is 0 Å². The number of hydrogen-bond donors (Lipinski definition) is 1. The maximum atomic E-state index is 3.71. The first kappa shape index (κ1) is 16.5. The lowest BCUT2D eigenvalue weighted by Gasteiger charge is -2.26. The summed E-state index contributed by atoms with van der Waals surface area (Å²) in [5, 5.41) is 3.71. The van der Waals surface area contributed by atoms with Crippen LogP contribution in [0.3, 0.4) is 0 Å². The molecule has 0 amide bonds. The topological polar surface area (TPSA) is 12.0 Å². The molecule has 1 fully saturated rings. The lowest BCUT2D eigenvalue weighted by atomic mass is 9.87. The van der Waals surface area contributed by atoms with E-state index in [2.05, 4.69) is 51.2 Å². The van der Waals surface area contributed by atoms with Gasteiger partial charge in [-0.1, -0.05) is 45.9 Å². The van der Waals surface area contributed by atoms with E-state index >= 15 is 0 Å². The van der Waals surface area contributed by atoms with Crippen LogP contribution in [0.15, 0.2) is 23.8 Å². The van der Waals surface area contributed by atoms with Gasteiger partial charge in [-0.2, -0.15) is 0 Å². The SMILES string of the molecule is CC/C=C(\C=C\CCNC1CCC(C)CC1)C(C)C. The normalized spacial score (nSPS) is 25.4. The minimum atomic E-state index is 0.643. The Morgan fingerprint density at radius 3 is 2.47 bits per heavy atom. The smallest absolute Gasteiger partial charge is 0.00673 e. The minimum absolute atomic E-state index is 0.643. The monoisotopic (exact) mass is 263 g/mol. The maximum absolute atomic E-state index is 3.71. The Labute approximate surface area is 120 Å². The van der Waals surface area contributed by atoms with Crippen molar-refractivity contribution in [3.63, 3.8) is 0 Å². The lowest BCUT2D eigenvalue weighted by molar-refractivity contribution is 0.309. The average molecular weight is 263 g/mol. The molecule has 0 radical (unpaired) electrons. The molecule has 0 saturated heterocycles. The zero-order valence-corrected chi connectivity index (χ0v) is 13.4. The molecule has 1 nitrogen and oxygen atoms in total. The van der Waals surface area contributed by atoms with Gasteiger partial charge in [-0.25, -0.2) is 0 Å². The zero-order chi connectivity index (χ0) is 14.1. The molecule has 0 atom stereocenters. The molecule has 0 aromatic rings. The van der Waals surface area contributed by atoms with Crippen LogP contribution in [-0.2, 0) is 0 Å². The van der Waals surface area contributed by atoms with Crippen LogP contribution in [0.25, 0.3) is 0 Å². The van der Waals surface area contributed by atoms with E-state index in [-0.39, 0.29) is 0 Å². The van der Waals surface area contributed by atoms with Crippen molar-refractivity contribution < 1.29 is 0 Å². The van der Waals surface area contributed by atoms with Crippen molar-refractivity contribution in [2.45, 2.75) is 72.3 Å². The van der Waals surface area contributed by atoms with Gasteiger partial charge < -0.3 is 5.32 Å². The van der Waals surface area contributed by atoms with Gasteiger partial charge in [0.1, 0.15) is 0 Å². The first-order chi connectivity index (χ1) is 9.13. The van der Waals surface area contributed by atoms with E-state index in [0.29, 0.717) is 5.92 Å². The fraction of sp³-hybridized carbons (Fsp3) is 0.778. The Morgan fingerprint density at radius 2 is 1.89 bits per heavy atom. The molecule has 1 heteroatoms. The van der Waals surface area contributed by atoms with Crippen molar-refractivity contribution in [3.8, 4) is 0 Å². The predicted molar refractivity (Wildman–Crippen MR) is 86.4 cm³/mol. The summed E-state index contributed by atoms with van der Waals surface area (Å²) in [6.45, 7) is 10.3. The zero-order valence-electron chi connectivity index (χ0n) is 13.4. The Balaban J connectivity index is 2.17. The number of nitrogens with one attached hydrogen (secondary N) is 1. The molecule has 0 unspecified atom stereocenters. The Kier molecular flexibility index (Phi) is 8.13. The van der Waals surface area contributed by atoms with Crippen LogP contribution in [-0.4, -0.2) is 12.6 Å². The van der Waals surface area contributed by atoms with Crippen LogP contribution >= 0.6 is 0 Å². The molecule has 0 aliphatic heterocycles. The summed E-state index contributed by atoms with van der Waals surface area (Å²) in [5.41, 5.74) is 1.48. The van der Waals surface area contributed by atoms with E-state index in [4.69, 9.17) is 0 Å². The van der Waals surface area contributed by atoms with Crippen LogP contribution in [0.5, 0.6) is 0 Å². The van der Waals surface area contributed by atoms with Gasteiger partial charge in [0.15, 0.2) is 0 Å². The van der Waals surface area contributed by atoms with E-state index in [1.807, 2.05) is 0 Å². The first-order valence-corrected chi connectivity index (χ1v) is 8.23. The van der Waals surface area contributed by atoms with Crippen molar-refractivity contribution in [2.75, 3.05) is 6.54 Å². The third-order valence-electron chi connectivity index (χ3n) is 4.18. The lowest BCUT2D eigenvalue weighted by Crippen LogP contribution is -2.33. The highest BCUT2D eigenvalue weighted by Gasteiger charge is 2.16. The van der Waals surface area contributed by atoms with Crippen molar-refractivity contribution in [1.82, 2.24) is 5.32 Å². The van der Waals surface area contributed by atoms with Crippen molar-refractivity contribution in [3.05, 3.63) is 23.8 Å². The van der Waals surface area contributed by atoms with E-state index < -0.39 is 0 Å². The van der Waals surface area contributed by atoms with Gasteiger partial charge in [0.05, 0.1) is 0 Å². The van der Waals surface area contributed by atoms with Crippen LogP contribution in [0.1, 0.15) is 66.2 Å². The van der Waals surface area contributed by atoms with E-state index in [9.17, 15) is 0 Å². The largest absolute Gasteiger partial charge is 0.314 e. The van der Waals surface area contributed by atoms with Gasteiger partial charge in [-0.15, -0.1) is 0 Å². The third-order valence-corrected chi connectivity index (χ3v) is 4.18. The second-order valence-electron chi connectivity index (χ2n) is 6.37. The summed E-state index contributed by atoms with van der Waals surface area (Å²) in [4.78, 5) is 0. The number of hydrogen-bond acceptors (Lipinski definition) is 1. The van der Waals surface area contributed by atoms with E-state index in [1.165, 1.54) is 31.3 Å². The van der Waals surface area contributed by atoms with Gasteiger partial charge in [-0.3, -0.25) is 0 Å². The highest BCUT2D eigenvalue weighted by molar-refractivity contribution is 5.20. The van der Waals surface area contributed by atoms with Gasteiger partial charge in [-0.05, 0) is 62.5 Å². The van der Waals surface area contributed by atoms with Crippen LogP contribution in [0, 0.1) is 11.8 Å². The molecule has 0 aromatic heterocycles. The highest BCUT2D eigenvalue weighted by atomic mass is 14.9. The molecule has 0 bridgehead atoms.